The number of amides is 1. The van der Waals surface area contributed by atoms with Crippen molar-refractivity contribution in [2.24, 2.45) is 0 Å². The number of hydrogen-bond acceptors (Lipinski definition) is 9. The van der Waals surface area contributed by atoms with Crippen LogP contribution >= 0.6 is 0 Å². The van der Waals surface area contributed by atoms with E-state index in [9.17, 15) is 24.0 Å². The molecule has 10 heteroatoms. The summed E-state index contributed by atoms with van der Waals surface area (Å²) in [5, 5.41) is 2.41. The lowest BCUT2D eigenvalue weighted by atomic mass is 9.90. The number of esters is 3. The molecular weight excluding hydrogens is 482 g/mol. The molecule has 0 saturated carbocycles. The van der Waals surface area contributed by atoms with Crippen LogP contribution in [0.3, 0.4) is 0 Å². The fourth-order valence-corrected chi connectivity index (χ4v) is 3.48. The van der Waals surface area contributed by atoms with Crippen LogP contribution in [0.15, 0.2) is 48.5 Å². The Bertz CT molecular complexity index is 1090. The normalized spacial score (nSPS) is 10.7. The summed E-state index contributed by atoms with van der Waals surface area (Å²) in [6, 6.07) is 12.7. The highest BCUT2D eigenvalue weighted by atomic mass is 16.6. The highest BCUT2D eigenvalue weighted by molar-refractivity contribution is 6.07. The molecule has 0 unspecified atom stereocenters. The van der Waals surface area contributed by atoms with Crippen molar-refractivity contribution in [3.05, 3.63) is 65.2 Å². The Kier molecular flexibility index (Phi) is 10.8. The van der Waals surface area contributed by atoms with E-state index < -0.39 is 41.7 Å². The molecule has 2 aromatic rings. The lowest BCUT2D eigenvalue weighted by Crippen LogP contribution is -2.61. The summed E-state index contributed by atoms with van der Waals surface area (Å²) < 4.78 is 20.3. The number of benzene rings is 2. The molecule has 0 saturated heterocycles. The zero-order valence-electron chi connectivity index (χ0n) is 21.3. The van der Waals surface area contributed by atoms with E-state index in [0.717, 1.165) is 0 Å². The number of nitrogens with one attached hydrogen (secondary N) is 1. The maximum Gasteiger partial charge on any atom is 0.343 e. The molecule has 10 nitrogen and oxygen atoms in total. The summed E-state index contributed by atoms with van der Waals surface area (Å²) in [7, 11) is 1.51. The second kappa shape index (κ2) is 13.8. The molecule has 198 valence electrons. The minimum atomic E-state index is -2.00. The second-order valence-corrected chi connectivity index (χ2v) is 7.95. The fourth-order valence-electron chi connectivity index (χ4n) is 3.48. The largest absolute Gasteiger partial charge is 0.497 e. The predicted molar refractivity (Wildman–Crippen MR) is 132 cm³/mol. The summed E-state index contributed by atoms with van der Waals surface area (Å²) in [6.07, 6.45) is 0.0792. The van der Waals surface area contributed by atoms with Crippen LogP contribution in [-0.4, -0.2) is 62.1 Å². The first-order chi connectivity index (χ1) is 17.7. The fraction of sp³-hybridized carbons (Fsp3) is 0.370. The van der Waals surface area contributed by atoms with Crippen LogP contribution in [0.25, 0.3) is 0 Å². The van der Waals surface area contributed by atoms with Gasteiger partial charge in [0.05, 0.1) is 25.9 Å². The van der Waals surface area contributed by atoms with E-state index in [1.807, 2.05) is 0 Å². The highest BCUT2D eigenvalue weighted by Gasteiger charge is 2.49. The summed E-state index contributed by atoms with van der Waals surface area (Å²) in [6.45, 7) is 3.95. The van der Waals surface area contributed by atoms with Gasteiger partial charge in [-0.3, -0.25) is 9.59 Å². The van der Waals surface area contributed by atoms with Crippen LogP contribution in [-0.2, 0) is 35.0 Å². The van der Waals surface area contributed by atoms with E-state index in [1.165, 1.54) is 26.2 Å². The zero-order valence-corrected chi connectivity index (χ0v) is 21.3. The first-order valence-corrected chi connectivity index (χ1v) is 11.7. The molecule has 0 heterocycles. The van der Waals surface area contributed by atoms with Gasteiger partial charge in [-0.05, 0) is 56.5 Å². The standard InChI is InChI=1S/C27H31NO9/c1-5-35-25(32)27(28-18(3)29,26(33)36-6-2)16-15-19-7-9-20(10-8-19)23(30)17-37-24(31)21-11-13-22(34-4)14-12-21/h7-14H,5-6,15-17H2,1-4H3,(H,28,29). The van der Waals surface area contributed by atoms with Crippen molar-refractivity contribution >= 4 is 29.6 Å². The molecule has 0 aliphatic heterocycles. The van der Waals surface area contributed by atoms with Crippen LogP contribution < -0.4 is 10.1 Å². The summed E-state index contributed by atoms with van der Waals surface area (Å²) in [5.41, 5.74) is -0.706. The van der Waals surface area contributed by atoms with Crippen molar-refractivity contribution in [3.63, 3.8) is 0 Å². The molecule has 0 spiro atoms. The van der Waals surface area contributed by atoms with Gasteiger partial charge in [-0.15, -0.1) is 0 Å². The Labute approximate surface area is 215 Å². The van der Waals surface area contributed by atoms with Gasteiger partial charge in [-0.25, -0.2) is 14.4 Å². The molecule has 1 N–H and O–H groups in total. The van der Waals surface area contributed by atoms with Crippen LogP contribution in [0.1, 0.15) is 53.5 Å². The molecule has 2 rings (SSSR count). The topological polar surface area (TPSA) is 134 Å². The van der Waals surface area contributed by atoms with Gasteiger partial charge in [-0.1, -0.05) is 24.3 Å². The van der Waals surface area contributed by atoms with Crippen molar-refractivity contribution < 1.29 is 42.9 Å². The molecule has 0 aromatic heterocycles. The number of rotatable bonds is 13. The number of Topliss-reactive ketones (excluding diaryl/α,β-unsaturated/α-hetero) is 1. The zero-order chi connectivity index (χ0) is 27.4. The SMILES string of the molecule is CCOC(=O)C(CCc1ccc(C(=O)COC(=O)c2ccc(OC)cc2)cc1)(NC(C)=O)C(=O)OCC. The van der Waals surface area contributed by atoms with Gasteiger partial charge in [0.25, 0.3) is 0 Å². The van der Waals surface area contributed by atoms with Gasteiger partial charge < -0.3 is 24.3 Å². The van der Waals surface area contributed by atoms with Crippen LogP contribution in [0, 0.1) is 0 Å². The molecule has 37 heavy (non-hydrogen) atoms. The summed E-state index contributed by atoms with van der Waals surface area (Å²) >= 11 is 0. The van der Waals surface area contributed by atoms with Crippen molar-refractivity contribution in [2.45, 2.75) is 39.2 Å². The molecule has 0 aliphatic carbocycles. The molecular formula is C27H31NO9. The first-order valence-electron chi connectivity index (χ1n) is 11.7. The smallest absolute Gasteiger partial charge is 0.343 e. The molecule has 0 aliphatic rings. The van der Waals surface area contributed by atoms with Gasteiger partial charge >= 0.3 is 17.9 Å². The van der Waals surface area contributed by atoms with Crippen LogP contribution in [0.2, 0.25) is 0 Å². The van der Waals surface area contributed by atoms with E-state index in [1.54, 1.807) is 50.2 Å². The van der Waals surface area contributed by atoms with Crippen molar-refractivity contribution in [1.29, 1.82) is 0 Å². The van der Waals surface area contributed by atoms with Gasteiger partial charge in [0.2, 0.25) is 11.4 Å². The third-order valence-electron chi connectivity index (χ3n) is 5.36. The number of ketones is 1. The van der Waals surface area contributed by atoms with Crippen molar-refractivity contribution in [2.75, 3.05) is 26.9 Å². The average molecular weight is 514 g/mol. The monoisotopic (exact) mass is 513 g/mol. The van der Waals surface area contributed by atoms with Crippen molar-refractivity contribution in [3.8, 4) is 5.75 Å². The number of carbonyl (C=O) groups excluding carboxylic acids is 5. The maximum atomic E-state index is 12.7. The van der Waals surface area contributed by atoms with E-state index >= 15 is 0 Å². The Morgan fingerprint density at radius 3 is 1.81 bits per heavy atom. The Morgan fingerprint density at radius 2 is 1.32 bits per heavy atom. The minimum Gasteiger partial charge on any atom is -0.497 e. The van der Waals surface area contributed by atoms with Crippen molar-refractivity contribution in [1.82, 2.24) is 5.32 Å². The number of aryl methyl sites for hydroxylation is 1. The highest BCUT2D eigenvalue weighted by Crippen LogP contribution is 2.20. The van der Waals surface area contributed by atoms with Gasteiger partial charge in [0.15, 0.2) is 12.4 Å². The minimum absolute atomic E-state index is 0.0133. The van der Waals surface area contributed by atoms with E-state index in [-0.39, 0.29) is 31.6 Å². The number of methoxy groups -OCH3 is 1. The van der Waals surface area contributed by atoms with Crippen LogP contribution in [0.5, 0.6) is 5.75 Å². The number of ether oxygens (including phenoxy) is 4. The predicted octanol–water partition coefficient (Wildman–Crippen LogP) is 2.67. The maximum absolute atomic E-state index is 12.7. The third kappa shape index (κ3) is 7.89. The van der Waals surface area contributed by atoms with E-state index in [2.05, 4.69) is 5.32 Å². The number of hydrogen-bond donors (Lipinski definition) is 1. The van der Waals surface area contributed by atoms with Crippen LogP contribution in [0.4, 0.5) is 0 Å². The van der Waals surface area contributed by atoms with Gasteiger partial charge in [-0.2, -0.15) is 0 Å². The summed E-state index contributed by atoms with van der Waals surface area (Å²) in [5.74, 6) is -2.86. The molecule has 2 aromatic carbocycles. The van der Waals surface area contributed by atoms with Gasteiger partial charge in [0.1, 0.15) is 5.75 Å². The molecule has 0 radical (unpaired) electrons. The molecule has 1 amide bonds. The Morgan fingerprint density at radius 1 is 0.784 bits per heavy atom. The first kappa shape index (κ1) is 29.0. The Balaban J connectivity index is 2.07. The average Bonchev–Trinajstić information content (AvgIpc) is 2.89. The number of carbonyl (C=O) groups is 5. The summed E-state index contributed by atoms with van der Waals surface area (Å²) in [4.78, 5) is 61.9. The van der Waals surface area contributed by atoms with E-state index in [4.69, 9.17) is 18.9 Å². The molecule has 0 bridgehead atoms. The Hall–Kier alpha value is -4.21. The molecule has 0 fully saturated rings. The lowest BCUT2D eigenvalue weighted by Gasteiger charge is -2.29. The third-order valence-corrected chi connectivity index (χ3v) is 5.36. The van der Waals surface area contributed by atoms with E-state index in [0.29, 0.717) is 16.9 Å². The quantitative estimate of drug-likeness (QED) is 0.186. The second-order valence-electron chi connectivity index (χ2n) is 7.95. The van der Waals surface area contributed by atoms with Gasteiger partial charge in [0, 0.05) is 12.5 Å². The molecule has 0 atom stereocenters. The lowest BCUT2D eigenvalue weighted by molar-refractivity contribution is -0.168.